The highest BCUT2D eigenvalue weighted by Crippen LogP contribution is 2.34. The molecule has 1 aromatic rings. The summed E-state index contributed by atoms with van der Waals surface area (Å²) >= 11 is 1.86. The Hall–Kier alpha value is -0.610. The van der Waals surface area contributed by atoms with Crippen LogP contribution in [0.25, 0.3) is 0 Å². The van der Waals surface area contributed by atoms with E-state index in [-0.39, 0.29) is 10.9 Å². The maximum absolute atomic E-state index is 12.4. The molecule has 1 aliphatic heterocycles. The lowest BCUT2D eigenvalue weighted by Gasteiger charge is -2.28. The van der Waals surface area contributed by atoms with Gasteiger partial charge in [0.2, 0.25) is 0 Å². The van der Waals surface area contributed by atoms with E-state index in [0.717, 1.165) is 18.5 Å². The first-order chi connectivity index (χ1) is 7.66. The lowest BCUT2D eigenvalue weighted by atomic mass is 10.1. The van der Waals surface area contributed by atoms with Crippen molar-refractivity contribution in [1.29, 1.82) is 0 Å². The van der Waals surface area contributed by atoms with Crippen LogP contribution in [0.4, 0.5) is 8.78 Å². The molecule has 16 heavy (non-hydrogen) atoms. The highest BCUT2D eigenvalue weighted by atomic mass is 32.2. The van der Waals surface area contributed by atoms with Crippen molar-refractivity contribution in [3.8, 4) is 0 Å². The van der Waals surface area contributed by atoms with E-state index in [1.165, 1.54) is 12.1 Å². The average molecular weight is 243 g/mol. The van der Waals surface area contributed by atoms with Crippen LogP contribution in [0.3, 0.4) is 0 Å². The van der Waals surface area contributed by atoms with Gasteiger partial charge in [-0.2, -0.15) is 0 Å². The Morgan fingerprint density at radius 1 is 1.31 bits per heavy atom. The summed E-state index contributed by atoms with van der Waals surface area (Å²) in [5.41, 5.74) is 1.18. The molecule has 1 fully saturated rings. The Morgan fingerprint density at radius 2 is 2.00 bits per heavy atom. The monoisotopic (exact) mass is 243 g/mol. The van der Waals surface area contributed by atoms with Crippen LogP contribution in [-0.4, -0.2) is 11.8 Å². The smallest absolute Gasteiger partial charge is 0.263 e. The van der Waals surface area contributed by atoms with Gasteiger partial charge >= 0.3 is 0 Å². The van der Waals surface area contributed by atoms with Crippen LogP contribution in [-0.2, 0) is 0 Å². The van der Waals surface area contributed by atoms with Gasteiger partial charge in [-0.05, 0) is 18.5 Å². The van der Waals surface area contributed by atoms with Gasteiger partial charge in [-0.15, -0.1) is 11.8 Å². The first kappa shape index (κ1) is 11.9. The predicted molar refractivity (Wildman–Crippen MR) is 63.8 cm³/mol. The third kappa shape index (κ3) is 2.74. The van der Waals surface area contributed by atoms with Gasteiger partial charge in [0.25, 0.3) is 6.43 Å². The SMILES string of the molecule is CC1CCNC(c2ccc(C(F)F)cc2)S1. The van der Waals surface area contributed by atoms with Crippen molar-refractivity contribution in [3.05, 3.63) is 35.4 Å². The summed E-state index contributed by atoms with van der Waals surface area (Å²) in [6.07, 6.45) is -1.21. The van der Waals surface area contributed by atoms with Gasteiger partial charge in [0.1, 0.15) is 0 Å². The molecule has 88 valence electrons. The van der Waals surface area contributed by atoms with Gasteiger partial charge in [-0.1, -0.05) is 31.2 Å². The maximum Gasteiger partial charge on any atom is 0.263 e. The molecule has 0 saturated carbocycles. The number of alkyl halides is 2. The van der Waals surface area contributed by atoms with Crippen molar-refractivity contribution in [2.75, 3.05) is 6.54 Å². The van der Waals surface area contributed by atoms with Crippen molar-refractivity contribution >= 4 is 11.8 Å². The Labute approximate surface area is 98.6 Å². The van der Waals surface area contributed by atoms with Crippen molar-refractivity contribution in [2.24, 2.45) is 0 Å². The van der Waals surface area contributed by atoms with E-state index >= 15 is 0 Å². The zero-order valence-electron chi connectivity index (χ0n) is 9.12. The first-order valence-electron chi connectivity index (χ1n) is 5.43. The van der Waals surface area contributed by atoms with E-state index in [1.807, 2.05) is 11.8 Å². The topological polar surface area (TPSA) is 12.0 Å². The minimum Gasteiger partial charge on any atom is -0.302 e. The van der Waals surface area contributed by atoms with Crippen LogP contribution < -0.4 is 5.32 Å². The molecule has 0 amide bonds. The Balaban J connectivity index is 2.09. The standard InChI is InChI=1S/C12H15F2NS/c1-8-6-7-15-12(16-8)10-4-2-9(3-5-10)11(13)14/h2-5,8,11-12,15H,6-7H2,1H3. The summed E-state index contributed by atoms with van der Waals surface area (Å²) in [4.78, 5) is 0. The van der Waals surface area contributed by atoms with Gasteiger partial charge in [-0.25, -0.2) is 8.78 Å². The minimum absolute atomic E-state index is 0.0950. The number of nitrogens with one attached hydrogen (secondary N) is 1. The van der Waals surface area contributed by atoms with E-state index < -0.39 is 6.43 Å². The molecule has 1 N–H and O–H groups in total. The second kappa shape index (κ2) is 5.15. The van der Waals surface area contributed by atoms with Gasteiger partial charge in [0, 0.05) is 10.8 Å². The predicted octanol–water partition coefficient (Wildman–Crippen LogP) is 3.74. The second-order valence-electron chi connectivity index (χ2n) is 4.04. The molecule has 1 heterocycles. The van der Waals surface area contributed by atoms with Crippen molar-refractivity contribution in [1.82, 2.24) is 5.32 Å². The van der Waals surface area contributed by atoms with Crippen LogP contribution in [0, 0.1) is 0 Å². The molecule has 1 nitrogen and oxygen atoms in total. The lowest BCUT2D eigenvalue weighted by Crippen LogP contribution is -2.28. The lowest BCUT2D eigenvalue weighted by molar-refractivity contribution is 0.151. The molecule has 0 spiro atoms. The van der Waals surface area contributed by atoms with E-state index in [4.69, 9.17) is 0 Å². The zero-order valence-corrected chi connectivity index (χ0v) is 9.94. The largest absolute Gasteiger partial charge is 0.302 e. The fourth-order valence-electron chi connectivity index (χ4n) is 1.78. The quantitative estimate of drug-likeness (QED) is 0.849. The van der Waals surface area contributed by atoms with Gasteiger partial charge in [0.05, 0.1) is 5.37 Å². The Kier molecular flexibility index (Phi) is 3.82. The highest BCUT2D eigenvalue weighted by Gasteiger charge is 2.20. The third-order valence-electron chi connectivity index (χ3n) is 2.74. The Bertz CT molecular complexity index is 339. The molecular formula is C12H15F2NS. The number of hydrogen-bond donors (Lipinski definition) is 1. The van der Waals surface area contributed by atoms with E-state index in [0.29, 0.717) is 5.25 Å². The fourth-order valence-corrected chi connectivity index (χ4v) is 3.03. The van der Waals surface area contributed by atoms with Crippen molar-refractivity contribution < 1.29 is 8.78 Å². The maximum atomic E-state index is 12.4. The van der Waals surface area contributed by atoms with Gasteiger partial charge in [0.15, 0.2) is 0 Å². The number of hydrogen-bond acceptors (Lipinski definition) is 2. The molecule has 0 aliphatic carbocycles. The molecule has 1 saturated heterocycles. The van der Waals surface area contributed by atoms with Crippen LogP contribution in [0.5, 0.6) is 0 Å². The number of halogens is 2. The molecule has 1 aliphatic rings. The summed E-state index contributed by atoms with van der Waals surface area (Å²) in [7, 11) is 0. The molecule has 2 atom stereocenters. The second-order valence-corrected chi connectivity index (χ2v) is 5.59. The van der Waals surface area contributed by atoms with E-state index in [2.05, 4.69) is 12.2 Å². The molecule has 4 heteroatoms. The van der Waals surface area contributed by atoms with Gasteiger partial charge in [-0.3, -0.25) is 0 Å². The van der Waals surface area contributed by atoms with Gasteiger partial charge < -0.3 is 5.32 Å². The molecular weight excluding hydrogens is 228 g/mol. The molecule has 0 aromatic heterocycles. The number of benzene rings is 1. The van der Waals surface area contributed by atoms with Crippen LogP contribution in [0.1, 0.15) is 36.3 Å². The molecule has 1 aromatic carbocycles. The summed E-state index contributed by atoms with van der Waals surface area (Å²) in [6, 6.07) is 6.62. The average Bonchev–Trinajstić information content (AvgIpc) is 2.29. The molecule has 0 radical (unpaired) electrons. The minimum atomic E-state index is -2.38. The van der Waals surface area contributed by atoms with E-state index in [9.17, 15) is 8.78 Å². The number of thioether (sulfide) groups is 1. The van der Waals surface area contributed by atoms with E-state index in [1.54, 1.807) is 12.1 Å². The van der Waals surface area contributed by atoms with Crippen LogP contribution in [0.15, 0.2) is 24.3 Å². The fraction of sp³-hybridized carbons (Fsp3) is 0.500. The summed E-state index contributed by atoms with van der Waals surface area (Å²) in [5.74, 6) is 0. The number of rotatable bonds is 2. The van der Waals surface area contributed by atoms with Crippen LogP contribution >= 0.6 is 11.8 Å². The first-order valence-corrected chi connectivity index (χ1v) is 6.38. The normalized spacial score (nSPS) is 26.0. The third-order valence-corrected chi connectivity index (χ3v) is 4.15. The highest BCUT2D eigenvalue weighted by molar-refractivity contribution is 8.00. The molecule has 2 rings (SSSR count). The summed E-state index contributed by atoms with van der Waals surface area (Å²) in [6.45, 7) is 3.20. The summed E-state index contributed by atoms with van der Waals surface area (Å²) < 4.78 is 24.8. The zero-order chi connectivity index (χ0) is 11.5. The summed E-state index contributed by atoms with van der Waals surface area (Å²) in [5, 5.41) is 4.26. The van der Waals surface area contributed by atoms with Crippen molar-refractivity contribution in [2.45, 2.75) is 30.4 Å². The van der Waals surface area contributed by atoms with Crippen molar-refractivity contribution in [3.63, 3.8) is 0 Å². The molecule has 0 bridgehead atoms. The molecule has 2 unspecified atom stereocenters. The Morgan fingerprint density at radius 3 is 2.56 bits per heavy atom. The van der Waals surface area contributed by atoms with Crippen LogP contribution in [0.2, 0.25) is 0 Å².